The maximum Gasteiger partial charge on any atom is -0.0195 e. The van der Waals surface area contributed by atoms with E-state index in [1.165, 1.54) is 39.2 Å². The van der Waals surface area contributed by atoms with Crippen LogP contribution in [0.15, 0.2) is 12.7 Å². The minimum atomic E-state index is 1.18. The van der Waals surface area contributed by atoms with E-state index < -0.39 is 0 Å². The minimum absolute atomic E-state index is 1.18. The van der Waals surface area contributed by atoms with E-state index in [-0.39, 0.29) is 0 Å². The lowest BCUT2D eigenvalue weighted by molar-refractivity contribution is 0.816. The number of nitrogens with two attached hydrogens (primary N) is 1. The van der Waals surface area contributed by atoms with Gasteiger partial charge in [-0.3, -0.25) is 0 Å². The first-order valence-electron chi connectivity index (χ1n) is 5.93. The SMILES string of the molecule is C=CCCCC.CCC.CCC.CN. The summed E-state index contributed by atoms with van der Waals surface area (Å²) in [7, 11) is 1.50. The van der Waals surface area contributed by atoms with Crippen molar-refractivity contribution in [3.63, 3.8) is 0 Å². The number of unbranched alkanes of at least 4 members (excludes halogenated alkanes) is 2. The van der Waals surface area contributed by atoms with Gasteiger partial charge in [0.15, 0.2) is 0 Å². The normalized spacial score (nSPS) is 6.50. The van der Waals surface area contributed by atoms with Crippen molar-refractivity contribution in [1.82, 2.24) is 0 Å². The highest BCUT2D eigenvalue weighted by Crippen LogP contribution is 1.91. The summed E-state index contributed by atoms with van der Waals surface area (Å²) in [6, 6.07) is 0. The van der Waals surface area contributed by atoms with E-state index >= 15 is 0 Å². The fraction of sp³-hybridized carbons (Fsp3) is 0.846. The van der Waals surface area contributed by atoms with E-state index in [1.807, 2.05) is 6.08 Å². The van der Waals surface area contributed by atoms with Crippen molar-refractivity contribution in [2.75, 3.05) is 7.05 Å². The van der Waals surface area contributed by atoms with Crippen molar-refractivity contribution in [3.05, 3.63) is 12.7 Å². The molecule has 0 aromatic heterocycles. The van der Waals surface area contributed by atoms with Gasteiger partial charge in [-0.2, -0.15) is 0 Å². The van der Waals surface area contributed by atoms with Crippen molar-refractivity contribution >= 4 is 0 Å². The Hall–Kier alpha value is -0.300. The molecule has 0 aromatic carbocycles. The molecule has 0 aliphatic rings. The fourth-order valence-electron chi connectivity index (χ4n) is 0.348. The van der Waals surface area contributed by atoms with Gasteiger partial charge in [-0.05, 0) is 13.5 Å². The molecule has 0 spiro atoms. The average Bonchev–Trinajstić information content (AvgIpc) is 2.20. The van der Waals surface area contributed by atoms with E-state index in [0.717, 1.165) is 0 Å². The molecule has 90 valence electrons. The molecule has 0 saturated heterocycles. The highest BCUT2D eigenvalue weighted by atomic mass is 14.4. The van der Waals surface area contributed by atoms with E-state index in [4.69, 9.17) is 0 Å². The summed E-state index contributed by atoms with van der Waals surface area (Å²) in [5.41, 5.74) is 4.50. The van der Waals surface area contributed by atoms with Crippen LogP contribution < -0.4 is 5.73 Å². The first-order valence-corrected chi connectivity index (χ1v) is 5.93. The van der Waals surface area contributed by atoms with Crippen molar-refractivity contribution in [3.8, 4) is 0 Å². The Morgan fingerprint density at radius 3 is 1.29 bits per heavy atom. The molecule has 0 saturated carbocycles. The topological polar surface area (TPSA) is 26.0 Å². The van der Waals surface area contributed by atoms with Gasteiger partial charge < -0.3 is 5.73 Å². The second kappa shape index (κ2) is 53.5. The number of hydrogen-bond donors (Lipinski definition) is 1. The zero-order chi connectivity index (χ0) is 12.2. The Labute approximate surface area is 92.8 Å². The molecule has 0 heterocycles. The molecule has 0 unspecified atom stereocenters. The molecule has 2 N–H and O–H groups in total. The Bertz CT molecular complexity index is 49.2. The molecule has 0 fully saturated rings. The molecule has 0 atom stereocenters. The molecule has 0 radical (unpaired) electrons. The monoisotopic (exact) mass is 203 g/mol. The Balaban J connectivity index is -0.0000000536. The van der Waals surface area contributed by atoms with Crippen LogP contribution in [0, 0.1) is 0 Å². The van der Waals surface area contributed by atoms with Crippen molar-refractivity contribution in [1.29, 1.82) is 0 Å². The molecular formula is C13H33N. The van der Waals surface area contributed by atoms with Gasteiger partial charge in [-0.15, -0.1) is 6.58 Å². The standard InChI is InChI=1S/C6H12.2C3H8.CH5N/c1-3-5-6-4-2;2*1-3-2;1-2/h3H,1,4-6H2,2H3;2*3H2,1-2H3;2H2,1H3. The van der Waals surface area contributed by atoms with Gasteiger partial charge in [0.05, 0.1) is 0 Å². The summed E-state index contributed by atoms with van der Waals surface area (Å²) in [6.45, 7) is 14.3. The highest BCUT2D eigenvalue weighted by Gasteiger charge is 1.71. The summed E-state index contributed by atoms with van der Waals surface area (Å²) >= 11 is 0. The van der Waals surface area contributed by atoms with Gasteiger partial charge in [-0.1, -0.05) is 66.4 Å². The Kier molecular flexibility index (Phi) is 89.8. The van der Waals surface area contributed by atoms with Crippen LogP contribution in [0.5, 0.6) is 0 Å². The molecule has 0 amide bonds. The predicted octanol–water partition coefficient (Wildman–Crippen LogP) is 4.77. The molecule has 0 bridgehead atoms. The number of hydrogen-bond acceptors (Lipinski definition) is 1. The molecular weight excluding hydrogens is 170 g/mol. The lowest BCUT2D eigenvalue weighted by atomic mass is 10.3. The molecule has 0 aliphatic carbocycles. The van der Waals surface area contributed by atoms with E-state index in [9.17, 15) is 0 Å². The van der Waals surface area contributed by atoms with Crippen molar-refractivity contribution < 1.29 is 0 Å². The van der Waals surface area contributed by atoms with E-state index in [2.05, 4.69) is 46.9 Å². The second-order valence-electron chi connectivity index (χ2n) is 2.85. The Morgan fingerprint density at radius 2 is 1.21 bits per heavy atom. The van der Waals surface area contributed by atoms with Gasteiger partial charge in [0.2, 0.25) is 0 Å². The molecule has 0 rings (SSSR count). The summed E-state index contributed by atoms with van der Waals surface area (Å²) in [5, 5.41) is 0. The van der Waals surface area contributed by atoms with Crippen LogP contribution in [-0.4, -0.2) is 7.05 Å². The molecule has 0 aliphatic heterocycles. The minimum Gasteiger partial charge on any atom is -0.333 e. The second-order valence-corrected chi connectivity index (χ2v) is 2.85. The van der Waals surface area contributed by atoms with Crippen LogP contribution in [-0.2, 0) is 0 Å². The summed E-state index contributed by atoms with van der Waals surface area (Å²) in [5.74, 6) is 0. The molecule has 1 heteroatoms. The van der Waals surface area contributed by atoms with Gasteiger partial charge in [0.1, 0.15) is 0 Å². The van der Waals surface area contributed by atoms with Gasteiger partial charge >= 0.3 is 0 Å². The summed E-state index contributed by atoms with van der Waals surface area (Å²) < 4.78 is 0. The largest absolute Gasteiger partial charge is 0.333 e. The van der Waals surface area contributed by atoms with Gasteiger partial charge in [0, 0.05) is 0 Å². The van der Waals surface area contributed by atoms with Crippen molar-refractivity contribution in [2.45, 2.75) is 66.7 Å². The molecule has 1 nitrogen and oxygen atoms in total. The maximum atomic E-state index is 4.50. The third kappa shape index (κ3) is 184. The summed E-state index contributed by atoms with van der Waals surface area (Å²) in [6.07, 6.45) is 8.22. The van der Waals surface area contributed by atoms with Crippen molar-refractivity contribution in [2.24, 2.45) is 5.73 Å². The fourth-order valence-corrected chi connectivity index (χ4v) is 0.348. The molecule has 14 heavy (non-hydrogen) atoms. The van der Waals surface area contributed by atoms with Crippen LogP contribution in [0.3, 0.4) is 0 Å². The van der Waals surface area contributed by atoms with E-state index in [0.29, 0.717) is 0 Å². The third-order valence-corrected chi connectivity index (χ3v) is 0.762. The van der Waals surface area contributed by atoms with Crippen LogP contribution in [0.4, 0.5) is 0 Å². The lowest BCUT2D eigenvalue weighted by Gasteiger charge is -1.81. The average molecular weight is 203 g/mol. The first-order chi connectivity index (χ1) is 6.74. The summed E-state index contributed by atoms with van der Waals surface area (Å²) in [4.78, 5) is 0. The quantitative estimate of drug-likeness (QED) is 0.519. The molecule has 0 aromatic rings. The zero-order valence-electron chi connectivity index (χ0n) is 11.4. The predicted molar refractivity (Wildman–Crippen MR) is 71.8 cm³/mol. The smallest absolute Gasteiger partial charge is 0.0195 e. The van der Waals surface area contributed by atoms with Gasteiger partial charge in [0.25, 0.3) is 0 Å². The first kappa shape index (κ1) is 23.5. The maximum absolute atomic E-state index is 4.50. The number of allylic oxidation sites excluding steroid dienone is 1. The van der Waals surface area contributed by atoms with Crippen LogP contribution in [0.2, 0.25) is 0 Å². The zero-order valence-corrected chi connectivity index (χ0v) is 11.4. The van der Waals surface area contributed by atoms with Crippen LogP contribution >= 0.6 is 0 Å². The highest BCUT2D eigenvalue weighted by molar-refractivity contribution is 4.64. The van der Waals surface area contributed by atoms with Gasteiger partial charge in [-0.25, -0.2) is 0 Å². The lowest BCUT2D eigenvalue weighted by Crippen LogP contribution is -1.69. The van der Waals surface area contributed by atoms with Crippen LogP contribution in [0.25, 0.3) is 0 Å². The van der Waals surface area contributed by atoms with E-state index in [1.54, 1.807) is 0 Å². The number of rotatable bonds is 3. The third-order valence-electron chi connectivity index (χ3n) is 0.762. The Morgan fingerprint density at radius 1 is 0.929 bits per heavy atom. The van der Waals surface area contributed by atoms with Crippen LogP contribution in [0.1, 0.15) is 66.7 Å².